The summed E-state index contributed by atoms with van der Waals surface area (Å²) in [6.45, 7) is 17.8. The molecule has 5 saturated carbocycles. The van der Waals surface area contributed by atoms with Gasteiger partial charge in [-0.15, -0.1) is 0 Å². The molecule has 0 saturated heterocycles. The van der Waals surface area contributed by atoms with E-state index < -0.39 is 0 Å². The number of hydrogen-bond donors (Lipinski definition) is 0. The van der Waals surface area contributed by atoms with Crippen LogP contribution in [0.2, 0.25) is 0 Å². The zero-order chi connectivity index (χ0) is 25.6. The highest BCUT2D eigenvalue weighted by molar-refractivity contribution is 7.10. The lowest BCUT2D eigenvalue weighted by Gasteiger charge is -2.73. The highest BCUT2D eigenvalue weighted by Crippen LogP contribution is 2.77. The monoisotopic (exact) mass is 504 g/mol. The molecule has 0 radical (unpaired) electrons. The molecule has 35 heavy (non-hydrogen) atoms. The van der Waals surface area contributed by atoms with E-state index in [4.69, 9.17) is 9.26 Å². The van der Waals surface area contributed by atoms with Gasteiger partial charge in [0.25, 0.3) is 0 Å². The molecule has 3 nitrogen and oxygen atoms in total. The Labute approximate surface area is 217 Å². The molecule has 0 N–H and O–H groups in total. The van der Waals surface area contributed by atoms with Gasteiger partial charge in [0.1, 0.15) is 0 Å². The first-order valence-corrected chi connectivity index (χ1v) is 15.2. The molecular weight excluding hydrogens is 451 g/mol. The zero-order valence-electron chi connectivity index (χ0n) is 23.9. The lowest BCUT2D eigenvalue weighted by molar-refractivity contribution is -0.251. The van der Waals surface area contributed by atoms with Crippen LogP contribution in [0.1, 0.15) is 113 Å². The van der Waals surface area contributed by atoms with E-state index in [0.717, 1.165) is 24.7 Å². The highest BCUT2D eigenvalue weighted by Gasteiger charge is 2.72. The first kappa shape index (κ1) is 26.5. The van der Waals surface area contributed by atoms with E-state index in [-0.39, 0.29) is 16.8 Å². The van der Waals surface area contributed by atoms with Crippen molar-refractivity contribution in [2.75, 3.05) is 7.11 Å². The van der Waals surface area contributed by atoms with E-state index in [9.17, 15) is 4.79 Å². The maximum atomic E-state index is 13.4. The first-order valence-electron chi connectivity index (χ1n) is 14.8. The number of fused-ring (bicyclic) bond motifs is 7. The average molecular weight is 505 g/mol. The van der Waals surface area contributed by atoms with Gasteiger partial charge < -0.3 is 9.26 Å². The third kappa shape index (κ3) is 3.25. The molecular formula is C31H53O3P. The van der Waals surface area contributed by atoms with Crippen LogP contribution in [0.4, 0.5) is 0 Å². The van der Waals surface area contributed by atoms with E-state index in [1.54, 1.807) is 0 Å². The molecule has 200 valence electrons. The van der Waals surface area contributed by atoms with Crippen molar-refractivity contribution < 1.29 is 14.1 Å². The topological polar surface area (TPSA) is 35.5 Å². The minimum atomic E-state index is -0.246. The maximum absolute atomic E-state index is 13.4. The van der Waals surface area contributed by atoms with E-state index >= 15 is 0 Å². The van der Waals surface area contributed by atoms with Crippen molar-refractivity contribution in [1.82, 2.24) is 0 Å². The molecule has 11 atom stereocenters. The SMILES string of the molecule is CO[C@H]1CC[C@]2(C)[C@H]3CC[C@@H]4[C@H]5[C@H](C(C)C)CC[C@]5(C(=O)OP)CC[C@@]4(C)[C@]3(C)CC[C@H]2C1(C)C. The van der Waals surface area contributed by atoms with Gasteiger partial charge in [0.15, 0.2) is 0 Å². The Morgan fingerprint density at radius 1 is 0.829 bits per heavy atom. The fourth-order valence-electron chi connectivity index (χ4n) is 12.3. The van der Waals surface area contributed by atoms with Crippen LogP contribution in [0.25, 0.3) is 0 Å². The molecule has 0 aromatic carbocycles. The van der Waals surface area contributed by atoms with Crippen LogP contribution < -0.4 is 0 Å². The summed E-state index contributed by atoms with van der Waals surface area (Å²) >= 11 is 0. The molecule has 1 unspecified atom stereocenters. The molecule has 0 aliphatic heterocycles. The molecule has 0 spiro atoms. The molecule has 0 aromatic heterocycles. The minimum Gasteiger partial charge on any atom is -0.451 e. The van der Waals surface area contributed by atoms with Crippen molar-refractivity contribution >= 4 is 15.4 Å². The second kappa shape index (κ2) is 8.43. The van der Waals surface area contributed by atoms with Gasteiger partial charge >= 0.3 is 5.97 Å². The fraction of sp³-hybridized carbons (Fsp3) is 0.968. The summed E-state index contributed by atoms with van der Waals surface area (Å²) in [4.78, 5) is 13.4. The number of ether oxygens (including phenoxy) is 1. The summed E-state index contributed by atoms with van der Waals surface area (Å²) in [5.74, 6) is 3.97. The van der Waals surface area contributed by atoms with Gasteiger partial charge in [0.05, 0.1) is 21.0 Å². The van der Waals surface area contributed by atoms with E-state index in [2.05, 4.69) is 57.9 Å². The van der Waals surface area contributed by atoms with Crippen LogP contribution >= 0.6 is 9.47 Å². The lowest BCUT2D eigenvalue weighted by Crippen LogP contribution is -2.67. The average Bonchev–Trinajstić information content (AvgIpc) is 3.20. The molecule has 5 rings (SSSR count). The number of carbonyl (C=O) groups is 1. The van der Waals surface area contributed by atoms with Crippen molar-refractivity contribution in [1.29, 1.82) is 0 Å². The van der Waals surface area contributed by atoms with Crippen LogP contribution in [0.15, 0.2) is 0 Å². The Balaban J connectivity index is 1.54. The fourth-order valence-corrected chi connectivity index (χ4v) is 12.5. The van der Waals surface area contributed by atoms with Crippen LogP contribution in [-0.2, 0) is 14.1 Å². The maximum Gasteiger partial charge on any atom is 0.314 e. The van der Waals surface area contributed by atoms with Gasteiger partial charge in [-0.25, -0.2) is 0 Å². The van der Waals surface area contributed by atoms with Crippen LogP contribution in [0, 0.1) is 62.6 Å². The van der Waals surface area contributed by atoms with Crippen molar-refractivity contribution in [3.8, 4) is 0 Å². The van der Waals surface area contributed by atoms with Crippen molar-refractivity contribution in [2.45, 2.75) is 119 Å². The molecule has 4 heteroatoms. The quantitative estimate of drug-likeness (QED) is 0.365. The zero-order valence-corrected chi connectivity index (χ0v) is 25.1. The van der Waals surface area contributed by atoms with Crippen molar-refractivity contribution in [2.24, 2.45) is 62.6 Å². The number of methoxy groups -OCH3 is 1. The van der Waals surface area contributed by atoms with E-state index in [1.807, 2.05) is 7.11 Å². The third-order valence-corrected chi connectivity index (χ3v) is 14.3. The number of carbonyl (C=O) groups excluding carboxylic acids is 1. The summed E-state index contributed by atoms with van der Waals surface area (Å²) < 4.78 is 11.5. The van der Waals surface area contributed by atoms with Crippen LogP contribution in [0.3, 0.4) is 0 Å². The predicted molar refractivity (Wildman–Crippen MR) is 146 cm³/mol. The van der Waals surface area contributed by atoms with Gasteiger partial charge in [0, 0.05) is 7.11 Å². The molecule has 0 aromatic rings. The molecule has 5 aliphatic carbocycles. The summed E-state index contributed by atoms with van der Waals surface area (Å²) in [5.41, 5.74) is 1.03. The number of hydrogen-bond acceptors (Lipinski definition) is 3. The number of rotatable bonds is 3. The van der Waals surface area contributed by atoms with Gasteiger partial charge in [-0.1, -0.05) is 48.5 Å². The minimum absolute atomic E-state index is 0.0697. The summed E-state index contributed by atoms with van der Waals surface area (Å²) in [7, 11) is 4.21. The summed E-state index contributed by atoms with van der Waals surface area (Å²) in [5, 5.41) is 0. The van der Waals surface area contributed by atoms with Gasteiger partial charge in [-0.3, -0.25) is 4.79 Å². The van der Waals surface area contributed by atoms with E-state index in [0.29, 0.717) is 46.0 Å². The van der Waals surface area contributed by atoms with Crippen LogP contribution in [-0.4, -0.2) is 19.2 Å². The van der Waals surface area contributed by atoms with Gasteiger partial charge in [-0.05, 0) is 121 Å². The summed E-state index contributed by atoms with van der Waals surface area (Å²) in [6.07, 6.45) is 12.6. The molecule has 5 fully saturated rings. The standard InChI is InChI=1S/C31H53O3P/c1-19(2)20-11-16-31(26(32)34-35)18-17-29(6)21(25(20)31)9-10-23-28(5)14-13-24(33-8)27(3,4)22(28)12-15-30(23,29)7/h19-25H,9-18,35H2,1-8H3/t20-,21+,22-,23+,24-,25+,28-,29+,30+,31-/m0/s1. The smallest absolute Gasteiger partial charge is 0.314 e. The van der Waals surface area contributed by atoms with Gasteiger partial charge in [0.2, 0.25) is 0 Å². The second-order valence-electron chi connectivity index (χ2n) is 15.3. The largest absolute Gasteiger partial charge is 0.451 e. The summed E-state index contributed by atoms with van der Waals surface area (Å²) in [6, 6.07) is 0. The Bertz CT molecular complexity index is 854. The Hall–Kier alpha value is -0.140. The second-order valence-corrected chi connectivity index (χ2v) is 15.5. The van der Waals surface area contributed by atoms with Gasteiger partial charge in [-0.2, -0.15) is 0 Å². The first-order chi connectivity index (χ1) is 16.3. The molecule has 5 aliphatic rings. The van der Waals surface area contributed by atoms with Crippen LogP contribution in [0.5, 0.6) is 0 Å². The third-order valence-electron chi connectivity index (χ3n) is 14.1. The Morgan fingerprint density at radius 3 is 2.17 bits per heavy atom. The molecule has 0 bridgehead atoms. The lowest BCUT2D eigenvalue weighted by atomic mass is 9.32. The normalized spacial score (nSPS) is 52.7. The van der Waals surface area contributed by atoms with Crippen molar-refractivity contribution in [3.05, 3.63) is 0 Å². The van der Waals surface area contributed by atoms with Crippen molar-refractivity contribution in [3.63, 3.8) is 0 Å². The Kier molecular flexibility index (Phi) is 6.37. The molecule has 0 amide bonds. The predicted octanol–water partition coefficient (Wildman–Crippen LogP) is 8.07. The molecule has 0 heterocycles. The highest BCUT2D eigenvalue weighted by atomic mass is 31.0. The van der Waals surface area contributed by atoms with E-state index in [1.165, 1.54) is 51.4 Å². The Morgan fingerprint density at radius 2 is 1.54 bits per heavy atom.